The van der Waals surface area contributed by atoms with Crippen LogP contribution in [0.25, 0.3) is 0 Å². The topological polar surface area (TPSA) is 99.2 Å². The van der Waals surface area contributed by atoms with Crippen molar-refractivity contribution < 1.29 is 23.1 Å². The number of fused-ring (bicyclic) bond motifs is 1. The van der Waals surface area contributed by atoms with E-state index in [0.717, 1.165) is 0 Å². The molecule has 0 aliphatic carbocycles. The highest BCUT2D eigenvalue weighted by Crippen LogP contribution is 2.31. The molecule has 0 fully saturated rings. The van der Waals surface area contributed by atoms with Crippen molar-refractivity contribution in [2.45, 2.75) is 30.9 Å². The molecule has 1 heterocycles. The summed E-state index contributed by atoms with van der Waals surface area (Å²) in [6.07, 6.45) is -0.183. The van der Waals surface area contributed by atoms with Crippen LogP contribution in [0.2, 0.25) is 0 Å². The van der Waals surface area contributed by atoms with Crippen LogP contribution < -0.4 is 9.46 Å². The molecule has 0 saturated carbocycles. The number of likely N-dealkylation sites (N-methyl/N-ethyl adjacent to an activating group) is 1. The summed E-state index contributed by atoms with van der Waals surface area (Å²) in [7, 11) is 0.104. The number of amides is 1. The molecule has 0 spiro atoms. The summed E-state index contributed by atoms with van der Waals surface area (Å²) >= 11 is 0. The van der Waals surface area contributed by atoms with E-state index in [0.29, 0.717) is 18.8 Å². The average molecular weight is 462 g/mol. The molecule has 3 atom stereocenters. The number of sulfonamides is 1. The zero-order chi connectivity index (χ0) is 23.5. The lowest BCUT2D eigenvalue weighted by molar-refractivity contribution is 0.0363. The highest BCUT2D eigenvalue weighted by molar-refractivity contribution is 7.92. The van der Waals surface area contributed by atoms with Gasteiger partial charge in [0.2, 0.25) is 0 Å². The normalized spacial score (nSPS) is 20.2. The molecule has 0 aromatic heterocycles. The van der Waals surface area contributed by atoms with Gasteiger partial charge in [-0.05, 0) is 51.4 Å². The van der Waals surface area contributed by atoms with Crippen LogP contribution in [0, 0.1) is 5.92 Å². The van der Waals surface area contributed by atoms with Gasteiger partial charge in [-0.1, -0.05) is 25.1 Å². The van der Waals surface area contributed by atoms with Crippen molar-refractivity contribution in [3.8, 4) is 5.75 Å². The van der Waals surface area contributed by atoms with Crippen LogP contribution in [0.15, 0.2) is 53.4 Å². The highest BCUT2D eigenvalue weighted by Gasteiger charge is 2.33. The van der Waals surface area contributed by atoms with E-state index < -0.39 is 10.0 Å². The number of aliphatic hydroxyl groups is 1. The monoisotopic (exact) mass is 461 g/mol. The number of nitrogens with one attached hydrogen (secondary N) is 1. The first-order valence-electron chi connectivity index (χ1n) is 10.6. The zero-order valence-corrected chi connectivity index (χ0v) is 19.7. The Balaban J connectivity index is 2.00. The summed E-state index contributed by atoms with van der Waals surface area (Å²) in [6.45, 7) is 4.70. The van der Waals surface area contributed by atoms with Gasteiger partial charge in [0.05, 0.1) is 23.1 Å². The highest BCUT2D eigenvalue weighted by atomic mass is 32.2. The fraction of sp³-hybridized carbons (Fsp3) is 0.435. The molecule has 2 aromatic rings. The molecule has 32 heavy (non-hydrogen) atoms. The summed E-state index contributed by atoms with van der Waals surface area (Å²) in [5.41, 5.74) is 0.521. The van der Waals surface area contributed by atoms with Crippen LogP contribution in [-0.2, 0) is 10.0 Å². The summed E-state index contributed by atoms with van der Waals surface area (Å²) < 4.78 is 34.2. The molecule has 9 heteroatoms. The number of rotatable bonds is 7. The van der Waals surface area contributed by atoms with E-state index in [1.54, 1.807) is 42.2 Å². The fourth-order valence-electron chi connectivity index (χ4n) is 3.68. The molecule has 0 saturated heterocycles. The molecule has 0 unspecified atom stereocenters. The van der Waals surface area contributed by atoms with Crippen LogP contribution in [0.4, 0.5) is 5.69 Å². The molecular weight excluding hydrogens is 430 g/mol. The number of aliphatic hydroxyl groups excluding tert-OH is 1. The fourth-order valence-corrected chi connectivity index (χ4v) is 4.75. The second kappa shape index (κ2) is 9.89. The molecule has 174 valence electrons. The predicted octanol–water partition coefficient (Wildman–Crippen LogP) is 2.27. The Kier molecular flexibility index (Phi) is 7.43. The van der Waals surface area contributed by atoms with E-state index in [1.165, 1.54) is 18.2 Å². The molecule has 1 aliphatic heterocycles. The second-order valence-corrected chi connectivity index (χ2v) is 10.2. The molecule has 0 bridgehead atoms. The van der Waals surface area contributed by atoms with Crippen molar-refractivity contribution in [3.63, 3.8) is 0 Å². The van der Waals surface area contributed by atoms with Crippen LogP contribution in [0.1, 0.15) is 24.2 Å². The van der Waals surface area contributed by atoms with Gasteiger partial charge < -0.3 is 19.6 Å². The summed E-state index contributed by atoms with van der Waals surface area (Å²) in [6, 6.07) is 12.4. The molecule has 8 nitrogen and oxygen atoms in total. The third kappa shape index (κ3) is 5.40. The van der Waals surface area contributed by atoms with Crippen molar-refractivity contribution in [2.75, 3.05) is 38.5 Å². The maximum Gasteiger partial charge on any atom is 0.261 e. The molecule has 3 rings (SSSR count). The number of benzene rings is 2. The molecule has 2 aromatic carbocycles. The lowest BCUT2D eigenvalue weighted by atomic mass is 9.99. The average Bonchev–Trinajstić information content (AvgIpc) is 2.76. The van der Waals surface area contributed by atoms with Gasteiger partial charge in [-0.15, -0.1) is 0 Å². The number of carbonyl (C=O) groups is 1. The second-order valence-electron chi connectivity index (χ2n) is 8.51. The van der Waals surface area contributed by atoms with Gasteiger partial charge in [-0.3, -0.25) is 9.52 Å². The van der Waals surface area contributed by atoms with Gasteiger partial charge in [0.1, 0.15) is 11.9 Å². The Hall–Kier alpha value is -2.62. The minimum atomic E-state index is -3.81. The molecule has 0 radical (unpaired) electrons. The summed E-state index contributed by atoms with van der Waals surface area (Å²) in [4.78, 5) is 17.2. The number of anilines is 1. The first-order valence-corrected chi connectivity index (χ1v) is 12.1. The smallest absolute Gasteiger partial charge is 0.261 e. The van der Waals surface area contributed by atoms with Crippen molar-refractivity contribution >= 4 is 21.6 Å². The van der Waals surface area contributed by atoms with E-state index in [9.17, 15) is 18.3 Å². The van der Waals surface area contributed by atoms with Gasteiger partial charge in [0.25, 0.3) is 15.9 Å². The van der Waals surface area contributed by atoms with Crippen molar-refractivity contribution in [3.05, 3.63) is 54.1 Å². The molecule has 1 amide bonds. The van der Waals surface area contributed by atoms with E-state index in [1.807, 2.05) is 25.9 Å². The van der Waals surface area contributed by atoms with Crippen LogP contribution in [-0.4, -0.2) is 75.2 Å². The van der Waals surface area contributed by atoms with E-state index in [4.69, 9.17) is 4.74 Å². The number of carbonyl (C=O) groups excluding carboxylic acids is 1. The maximum atomic E-state index is 13.4. The van der Waals surface area contributed by atoms with Crippen molar-refractivity contribution in [1.82, 2.24) is 9.80 Å². The summed E-state index contributed by atoms with van der Waals surface area (Å²) in [5, 5.41) is 9.72. The molecule has 2 N–H and O–H groups in total. The third-order valence-electron chi connectivity index (χ3n) is 5.52. The largest absolute Gasteiger partial charge is 0.488 e. The number of hydrogen-bond acceptors (Lipinski definition) is 6. The Morgan fingerprint density at radius 2 is 1.91 bits per heavy atom. The molecule has 1 aliphatic rings. The SMILES string of the molecule is C[C@H](CO)N1C[C@H](C)[C@@H](CN(C)C)Oc2ccc(NS(=O)(=O)c3ccccc3)cc2C1=O. The maximum absolute atomic E-state index is 13.4. The Morgan fingerprint density at radius 1 is 1.22 bits per heavy atom. The number of ether oxygens (including phenoxy) is 1. The van der Waals surface area contributed by atoms with Crippen molar-refractivity contribution in [1.29, 1.82) is 0 Å². The van der Waals surface area contributed by atoms with E-state index >= 15 is 0 Å². The third-order valence-corrected chi connectivity index (χ3v) is 6.91. The minimum absolute atomic E-state index is 0.0276. The standard InChI is InChI=1S/C23H31N3O5S/c1-16-13-26(17(2)15-27)23(28)20-12-18(10-11-21(20)31-22(16)14-25(3)4)24-32(29,30)19-8-6-5-7-9-19/h5-12,16-17,22,24,27H,13-15H2,1-4H3/t16-,17+,22+/m0/s1. The van der Waals surface area contributed by atoms with Crippen LogP contribution >= 0.6 is 0 Å². The quantitative estimate of drug-likeness (QED) is 0.656. The van der Waals surface area contributed by atoms with Crippen LogP contribution in [0.5, 0.6) is 5.75 Å². The minimum Gasteiger partial charge on any atom is -0.488 e. The Bertz CT molecular complexity index is 1040. The van der Waals surface area contributed by atoms with Gasteiger partial charge >= 0.3 is 0 Å². The van der Waals surface area contributed by atoms with Crippen LogP contribution in [0.3, 0.4) is 0 Å². The number of hydrogen-bond donors (Lipinski definition) is 2. The Morgan fingerprint density at radius 3 is 2.53 bits per heavy atom. The van der Waals surface area contributed by atoms with Gasteiger partial charge in [-0.2, -0.15) is 0 Å². The molecular formula is C23H31N3O5S. The van der Waals surface area contributed by atoms with E-state index in [2.05, 4.69) is 4.72 Å². The first kappa shape index (κ1) is 24.0. The van der Waals surface area contributed by atoms with Crippen molar-refractivity contribution in [2.24, 2.45) is 5.92 Å². The lowest BCUT2D eigenvalue weighted by Gasteiger charge is -2.37. The van der Waals surface area contributed by atoms with Gasteiger partial charge in [0.15, 0.2) is 0 Å². The lowest BCUT2D eigenvalue weighted by Crippen LogP contribution is -2.49. The zero-order valence-electron chi connectivity index (χ0n) is 18.9. The number of nitrogens with zero attached hydrogens (tertiary/aromatic N) is 2. The van der Waals surface area contributed by atoms with Gasteiger partial charge in [0, 0.05) is 24.7 Å². The first-order chi connectivity index (χ1) is 15.1. The summed E-state index contributed by atoms with van der Waals surface area (Å²) in [5.74, 6) is 0.114. The van der Waals surface area contributed by atoms with E-state index in [-0.39, 0.29) is 46.7 Å². The Labute approximate surface area is 189 Å². The van der Waals surface area contributed by atoms with Gasteiger partial charge in [-0.25, -0.2) is 8.42 Å². The predicted molar refractivity (Wildman–Crippen MR) is 123 cm³/mol.